The maximum absolute atomic E-state index is 2.25. The molecule has 0 radical (unpaired) electrons. The lowest BCUT2D eigenvalue weighted by molar-refractivity contribution is 1.77. The van der Waals surface area contributed by atoms with Crippen molar-refractivity contribution < 1.29 is 0 Å². The van der Waals surface area contributed by atoms with E-state index in [1.54, 1.807) is 0 Å². The Morgan fingerprint density at radius 1 is 0.429 bits per heavy atom. The Hall–Kier alpha value is -2.17. The zero-order valence-electron chi connectivity index (χ0n) is 11.6. The van der Waals surface area contributed by atoms with E-state index in [9.17, 15) is 0 Å². The average molecular weight is 286 g/mol. The number of hydrogen-bond acceptors (Lipinski definition) is 0. The van der Waals surface area contributed by atoms with Crippen molar-refractivity contribution in [1.29, 1.82) is 0 Å². The van der Waals surface area contributed by atoms with E-state index in [0.717, 1.165) is 0 Å². The molecule has 0 saturated heterocycles. The molecule has 0 aliphatic heterocycles. The minimum atomic E-state index is 0.684. The van der Waals surface area contributed by atoms with Crippen LogP contribution in [0.25, 0.3) is 21.5 Å². The zero-order chi connectivity index (χ0) is 14.1. The second kappa shape index (κ2) is 5.31. The topological polar surface area (TPSA) is 0 Å². The summed E-state index contributed by atoms with van der Waals surface area (Å²) in [6.07, 6.45) is 0. The molecule has 0 N–H and O–H groups in total. The van der Waals surface area contributed by atoms with Crippen LogP contribution in [-0.2, 0) is 0 Å². The average Bonchev–Trinajstić information content (AvgIpc) is 2.56. The van der Waals surface area contributed by atoms with E-state index in [0.29, 0.717) is 8.58 Å². The van der Waals surface area contributed by atoms with Crippen LogP contribution in [0.3, 0.4) is 0 Å². The number of hydrogen-bond donors (Lipinski definition) is 0. The molecule has 0 aliphatic carbocycles. The Morgan fingerprint density at radius 3 is 1.38 bits per heavy atom. The fourth-order valence-corrected chi connectivity index (χ4v) is 4.19. The van der Waals surface area contributed by atoms with Crippen molar-refractivity contribution >= 4 is 40.7 Å². The number of fused-ring (bicyclic) bond motifs is 2. The van der Waals surface area contributed by atoms with E-state index in [-0.39, 0.29) is 0 Å². The van der Waals surface area contributed by atoms with Crippen molar-refractivity contribution in [2.24, 2.45) is 0 Å². The first kappa shape index (κ1) is 12.6. The van der Waals surface area contributed by atoms with Gasteiger partial charge in [0.15, 0.2) is 0 Å². The van der Waals surface area contributed by atoms with Crippen LogP contribution in [0, 0.1) is 0 Å². The summed E-state index contributed by atoms with van der Waals surface area (Å²) in [6, 6.07) is 30.5. The Balaban J connectivity index is 1.87. The summed E-state index contributed by atoms with van der Waals surface area (Å²) in [5.41, 5.74) is 0. The molecule has 0 heterocycles. The van der Waals surface area contributed by atoms with Crippen LogP contribution in [0.2, 0.25) is 0 Å². The third-order valence-electron chi connectivity index (χ3n) is 3.85. The predicted molar refractivity (Wildman–Crippen MR) is 95.5 cm³/mol. The Morgan fingerprint density at radius 2 is 0.857 bits per heavy atom. The summed E-state index contributed by atoms with van der Waals surface area (Å²) in [4.78, 5) is 0. The summed E-state index contributed by atoms with van der Waals surface area (Å²) in [7, 11) is 0.684. The van der Waals surface area contributed by atoms with Crippen molar-refractivity contribution in [3.8, 4) is 0 Å². The molecule has 0 aromatic heterocycles. The van der Waals surface area contributed by atoms with Gasteiger partial charge in [-0.2, -0.15) is 0 Å². The van der Waals surface area contributed by atoms with E-state index in [1.807, 2.05) is 0 Å². The van der Waals surface area contributed by atoms with Gasteiger partial charge in [-0.15, -0.1) is 0 Å². The molecule has 100 valence electrons. The number of rotatable bonds is 2. The van der Waals surface area contributed by atoms with Gasteiger partial charge < -0.3 is 0 Å². The minimum absolute atomic E-state index is 0.684. The van der Waals surface area contributed by atoms with Gasteiger partial charge in [0.2, 0.25) is 0 Å². The van der Waals surface area contributed by atoms with Crippen LogP contribution in [0.4, 0.5) is 0 Å². The van der Waals surface area contributed by atoms with Crippen molar-refractivity contribution in [2.75, 3.05) is 0 Å². The molecule has 0 saturated carbocycles. The normalized spacial score (nSPS) is 11.0. The van der Waals surface area contributed by atoms with Gasteiger partial charge in [0.05, 0.1) is 0 Å². The SMILES string of the molecule is c1ccc2c(Pc3cccc4ccccc34)cccc2c1. The molecule has 0 nitrogen and oxygen atoms in total. The Kier molecular flexibility index (Phi) is 3.18. The lowest BCUT2D eigenvalue weighted by Crippen LogP contribution is -2.05. The lowest BCUT2D eigenvalue weighted by Gasteiger charge is -2.09. The van der Waals surface area contributed by atoms with Crippen molar-refractivity contribution in [3.63, 3.8) is 0 Å². The van der Waals surface area contributed by atoms with Gasteiger partial charge in [0, 0.05) is 0 Å². The predicted octanol–water partition coefficient (Wildman–Crippen LogP) is 4.62. The molecule has 0 aliphatic rings. The molecule has 0 atom stereocenters. The second-order valence-electron chi connectivity index (χ2n) is 5.18. The summed E-state index contributed by atoms with van der Waals surface area (Å²) < 4.78 is 0. The molecule has 0 amide bonds. The Bertz CT molecular complexity index is 837. The minimum Gasteiger partial charge on any atom is -0.0616 e. The monoisotopic (exact) mass is 286 g/mol. The Labute approximate surface area is 126 Å². The van der Waals surface area contributed by atoms with Gasteiger partial charge in [-0.25, -0.2) is 0 Å². The molecular formula is C20H15P. The van der Waals surface area contributed by atoms with Crippen molar-refractivity contribution in [2.45, 2.75) is 0 Å². The first-order valence-electron chi connectivity index (χ1n) is 7.14. The molecule has 0 unspecified atom stereocenters. The lowest BCUT2D eigenvalue weighted by atomic mass is 10.1. The molecule has 0 spiro atoms. The van der Waals surface area contributed by atoms with E-state index < -0.39 is 0 Å². The highest BCUT2D eigenvalue weighted by Gasteiger charge is 2.04. The third-order valence-corrected chi connectivity index (χ3v) is 5.26. The molecule has 0 fully saturated rings. The van der Waals surface area contributed by atoms with Gasteiger partial charge in [0.25, 0.3) is 0 Å². The molecule has 4 aromatic rings. The molecule has 0 bridgehead atoms. The second-order valence-corrected chi connectivity index (χ2v) is 6.51. The highest BCUT2D eigenvalue weighted by Crippen LogP contribution is 2.23. The molecule has 4 aromatic carbocycles. The van der Waals surface area contributed by atoms with Gasteiger partial charge >= 0.3 is 0 Å². The van der Waals surface area contributed by atoms with E-state index in [2.05, 4.69) is 84.9 Å². The number of benzene rings is 4. The van der Waals surface area contributed by atoms with Crippen molar-refractivity contribution in [1.82, 2.24) is 0 Å². The van der Waals surface area contributed by atoms with Crippen LogP contribution < -0.4 is 10.6 Å². The van der Waals surface area contributed by atoms with E-state index >= 15 is 0 Å². The van der Waals surface area contributed by atoms with E-state index in [1.165, 1.54) is 32.2 Å². The summed E-state index contributed by atoms with van der Waals surface area (Å²) in [5.74, 6) is 0. The molecule has 4 rings (SSSR count). The van der Waals surface area contributed by atoms with Crippen molar-refractivity contribution in [3.05, 3.63) is 84.9 Å². The third kappa shape index (κ3) is 2.33. The quantitative estimate of drug-likeness (QED) is 0.472. The first-order valence-corrected chi connectivity index (χ1v) is 8.14. The smallest absolute Gasteiger partial charge is 0.0106 e. The summed E-state index contributed by atoms with van der Waals surface area (Å²) in [6.45, 7) is 0. The van der Waals surface area contributed by atoms with Crippen LogP contribution in [0.5, 0.6) is 0 Å². The standard InChI is InChI=1S/C20H15P/c1-3-11-17-15(7-1)9-5-13-19(17)21-20-14-6-10-16-8-2-4-12-18(16)20/h1-14,21H. The largest absolute Gasteiger partial charge is 0.0616 e. The van der Waals surface area contributed by atoms with Crippen LogP contribution >= 0.6 is 8.58 Å². The van der Waals surface area contributed by atoms with E-state index in [4.69, 9.17) is 0 Å². The van der Waals surface area contributed by atoms with Gasteiger partial charge in [-0.1, -0.05) is 93.5 Å². The van der Waals surface area contributed by atoms with Crippen LogP contribution in [0.1, 0.15) is 0 Å². The highest BCUT2D eigenvalue weighted by molar-refractivity contribution is 7.56. The van der Waals surface area contributed by atoms with Gasteiger partial charge in [0.1, 0.15) is 0 Å². The molecular weight excluding hydrogens is 271 g/mol. The fourth-order valence-electron chi connectivity index (χ4n) is 2.81. The maximum atomic E-state index is 2.25. The highest BCUT2D eigenvalue weighted by atomic mass is 31.1. The maximum Gasteiger partial charge on any atom is -0.0106 e. The summed E-state index contributed by atoms with van der Waals surface area (Å²) >= 11 is 0. The van der Waals surface area contributed by atoms with Crippen LogP contribution in [0.15, 0.2) is 84.9 Å². The van der Waals surface area contributed by atoms with Gasteiger partial charge in [-0.05, 0) is 32.2 Å². The van der Waals surface area contributed by atoms with Gasteiger partial charge in [-0.3, -0.25) is 0 Å². The summed E-state index contributed by atoms with van der Waals surface area (Å²) in [5, 5.41) is 8.22. The molecule has 21 heavy (non-hydrogen) atoms. The van der Waals surface area contributed by atoms with Crippen LogP contribution in [-0.4, -0.2) is 0 Å². The fraction of sp³-hybridized carbons (Fsp3) is 0. The first-order chi connectivity index (χ1) is 10.4. The molecule has 1 heteroatoms. The zero-order valence-corrected chi connectivity index (χ0v) is 12.6.